The highest BCUT2D eigenvalue weighted by Crippen LogP contribution is 2.18. The number of carboxylic acids is 1. The number of nitrogens with one attached hydrogen (secondary N) is 1. The number of hydrogen-bond acceptors (Lipinski definition) is 3. The van der Waals surface area contributed by atoms with Gasteiger partial charge in [0, 0.05) is 17.3 Å². The zero-order chi connectivity index (χ0) is 24.2. The highest BCUT2D eigenvalue weighted by Gasteiger charge is 2.17. The van der Waals surface area contributed by atoms with Crippen molar-refractivity contribution in [2.75, 3.05) is 0 Å². The number of aromatic nitrogens is 3. The Labute approximate surface area is 198 Å². The van der Waals surface area contributed by atoms with E-state index >= 15 is 0 Å². The van der Waals surface area contributed by atoms with Gasteiger partial charge in [-0.3, -0.25) is 4.79 Å². The fourth-order valence-electron chi connectivity index (χ4n) is 3.73. The number of aromatic carboxylic acids is 1. The van der Waals surface area contributed by atoms with Crippen molar-refractivity contribution in [3.63, 3.8) is 0 Å². The van der Waals surface area contributed by atoms with Gasteiger partial charge < -0.3 is 9.67 Å². The second-order valence-electron chi connectivity index (χ2n) is 7.89. The minimum Gasteiger partial charge on any atom is -0.477 e. The lowest BCUT2D eigenvalue weighted by atomic mass is 10.1. The lowest BCUT2D eigenvalue weighted by Crippen LogP contribution is -2.19. The molecular formula is C25H20ClF2N3O3. The fourth-order valence-corrected chi connectivity index (χ4v) is 3.85. The summed E-state index contributed by atoms with van der Waals surface area (Å²) in [6.07, 6.45) is 3.44. The molecule has 0 saturated carbocycles. The highest BCUT2D eigenvalue weighted by atomic mass is 35.5. The minimum absolute atomic E-state index is 0.0547. The van der Waals surface area contributed by atoms with E-state index in [0.717, 1.165) is 17.2 Å². The minimum atomic E-state index is -1.18. The summed E-state index contributed by atoms with van der Waals surface area (Å²) >= 11 is 5.91. The second-order valence-corrected chi connectivity index (χ2v) is 8.32. The number of aromatic amines is 1. The van der Waals surface area contributed by atoms with Crippen LogP contribution in [0.3, 0.4) is 0 Å². The van der Waals surface area contributed by atoms with Gasteiger partial charge in [0.25, 0.3) is 5.56 Å². The number of hydrogen-bond donors (Lipinski definition) is 2. The molecule has 2 N–H and O–H groups in total. The van der Waals surface area contributed by atoms with E-state index in [4.69, 9.17) is 11.6 Å². The molecule has 0 amide bonds. The summed E-state index contributed by atoms with van der Waals surface area (Å²) in [6.45, 7) is 0. The Morgan fingerprint density at radius 3 is 2.24 bits per heavy atom. The number of carboxylic acid groups (broad SMARTS) is 1. The third kappa shape index (κ3) is 5.58. The van der Waals surface area contributed by atoms with Crippen molar-refractivity contribution >= 4 is 17.6 Å². The molecule has 0 aliphatic heterocycles. The third-order valence-electron chi connectivity index (χ3n) is 5.40. The largest absolute Gasteiger partial charge is 0.477 e. The van der Waals surface area contributed by atoms with Gasteiger partial charge in [0.2, 0.25) is 0 Å². The summed E-state index contributed by atoms with van der Waals surface area (Å²) in [6, 6.07) is 13.7. The normalized spacial score (nSPS) is 11.0. The van der Waals surface area contributed by atoms with Crippen LogP contribution >= 0.6 is 11.6 Å². The topological polar surface area (TPSA) is 88.0 Å². The van der Waals surface area contributed by atoms with Gasteiger partial charge in [-0.1, -0.05) is 23.7 Å². The molecule has 2 aromatic heterocycles. The van der Waals surface area contributed by atoms with E-state index < -0.39 is 23.2 Å². The molecular weight excluding hydrogens is 464 g/mol. The van der Waals surface area contributed by atoms with Gasteiger partial charge in [-0.15, -0.1) is 0 Å². The van der Waals surface area contributed by atoms with Crippen LogP contribution in [-0.2, 0) is 25.7 Å². The maximum atomic E-state index is 13.4. The van der Waals surface area contributed by atoms with E-state index in [1.807, 2.05) is 12.1 Å². The lowest BCUT2D eigenvalue weighted by molar-refractivity contribution is 0.0688. The molecule has 34 heavy (non-hydrogen) atoms. The Bertz CT molecular complexity index is 1380. The van der Waals surface area contributed by atoms with Gasteiger partial charge >= 0.3 is 5.97 Å². The van der Waals surface area contributed by atoms with E-state index in [9.17, 15) is 23.5 Å². The Balaban J connectivity index is 1.57. The van der Waals surface area contributed by atoms with Crippen molar-refractivity contribution in [2.45, 2.75) is 25.7 Å². The number of halogens is 3. The molecule has 4 rings (SSSR count). The van der Waals surface area contributed by atoms with Crippen LogP contribution in [0.1, 0.15) is 32.9 Å². The first-order valence-electron chi connectivity index (χ1n) is 10.5. The monoisotopic (exact) mass is 483 g/mol. The molecule has 4 aromatic rings. The molecule has 0 radical (unpaired) electrons. The molecule has 0 saturated heterocycles. The Morgan fingerprint density at radius 2 is 1.56 bits per heavy atom. The van der Waals surface area contributed by atoms with Crippen LogP contribution in [0.4, 0.5) is 8.78 Å². The summed E-state index contributed by atoms with van der Waals surface area (Å²) in [4.78, 5) is 24.3. The first-order chi connectivity index (χ1) is 16.3. The lowest BCUT2D eigenvalue weighted by Gasteiger charge is -2.08. The van der Waals surface area contributed by atoms with Crippen LogP contribution in [0, 0.1) is 11.6 Å². The molecule has 9 heteroatoms. The van der Waals surface area contributed by atoms with E-state index in [1.165, 1.54) is 28.8 Å². The quantitative estimate of drug-likeness (QED) is 0.378. The average molecular weight is 484 g/mol. The molecule has 0 unspecified atom stereocenters. The number of carbonyl (C=O) groups is 1. The maximum Gasteiger partial charge on any atom is 0.352 e. The van der Waals surface area contributed by atoms with Crippen molar-refractivity contribution in [1.82, 2.24) is 14.8 Å². The number of rotatable bonds is 8. The summed E-state index contributed by atoms with van der Waals surface area (Å²) < 4.78 is 28.2. The predicted octanol–water partition coefficient (Wildman–Crippen LogP) is 4.76. The number of benzene rings is 2. The van der Waals surface area contributed by atoms with Gasteiger partial charge in [0.05, 0.1) is 5.69 Å². The summed E-state index contributed by atoms with van der Waals surface area (Å²) in [5, 5.41) is 16.7. The van der Waals surface area contributed by atoms with Crippen molar-refractivity contribution in [1.29, 1.82) is 0 Å². The van der Waals surface area contributed by atoms with E-state index in [1.54, 1.807) is 18.3 Å². The zero-order valence-corrected chi connectivity index (χ0v) is 18.6. The van der Waals surface area contributed by atoms with E-state index in [0.29, 0.717) is 35.5 Å². The van der Waals surface area contributed by atoms with Gasteiger partial charge in [0.1, 0.15) is 23.0 Å². The van der Waals surface area contributed by atoms with Gasteiger partial charge in [-0.25, -0.2) is 18.7 Å². The number of aryl methyl sites for hydroxylation is 4. The molecule has 0 aliphatic rings. The Kier molecular flexibility index (Phi) is 6.88. The van der Waals surface area contributed by atoms with Gasteiger partial charge in [-0.05, 0) is 78.8 Å². The van der Waals surface area contributed by atoms with Gasteiger partial charge in [-0.2, -0.15) is 5.10 Å². The molecule has 0 fully saturated rings. The molecule has 2 aromatic carbocycles. The summed E-state index contributed by atoms with van der Waals surface area (Å²) in [7, 11) is 0. The van der Waals surface area contributed by atoms with Crippen LogP contribution in [0.5, 0.6) is 0 Å². The average Bonchev–Trinajstić information content (AvgIpc) is 3.22. The first kappa shape index (κ1) is 23.4. The summed E-state index contributed by atoms with van der Waals surface area (Å²) in [5.74, 6) is -2.52. The summed E-state index contributed by atoms with van der Waals surface area (Å²) in [5.41, 5.74) is 2.19. The van der Waals surface area contributed by atoms with Crippen LogP contribution in [0.2, 0.25) is 5.02 Å². The zero-order valence-electron chi connectivity index (χ0n) is 17.9. The van der Waals surface area contributed by atoms with Crippen molar-refractivity contribution in [3.8, 4) is 5.69 Å². The molecule has 6 nitrogen and oxygen atoms in total. The SMILES string of the molecule is O=C(O)c1cc(CCc2ccc(Cl)cc2)cn1-c1cc(CCc2cc(F)cc(F)c2)n[nH]c1=O. The molecule has 0 bridgehead atoms. The molecule has 174 valence electrons. The number of H-pyrrole nitrogens is 1. The maximum absolute atomic E-state index is 13.4. The first-order valence-corrected chi connectivity index (χ1v) is 10.9. The van der Waals surface area contributed by atoms with Crippen LogP contribution in [0.25, 0.3) is 5.69 Å². The van der Waals surface area contributed by atoms with Gasteiger partial charge in [0.15, 0.2) is 0 Å². The van der Waals surface area contributed by atoms with E-state index in [-0.39, 0.29) is 17.8 Å². The highest BCUT2D eigenvalue weighted by molar-refractivity contribution is 6.30. The van der Waals surface area contributed by atoms with E-state index in [2.05, 4.69) is 10.2 Å². The van der Waals surface area contributed by atoms with Crippen molar-refractivity contribution in [3.05, 3.63) is 116 Å². The van der Waals surface area contributed by atoms with Crippen LogP contribution in [-0.4, -0.2) is 25.8 Å². The standard InChI is InChI=1S/C25H20ClF2N3O3/c26-18-6-3-15(4-7-18)1-2-17-11-23(25(33)34)31(14-17)22-13-21(29-30-24(22)32)8-5-16-9-19(27)12-20(28)10-16/h3-4,6-7,9-14H,1-2,5,8H2,(H,30,32)(H,33,34). The molecule has 2 heterocycles. The third-order valence-corrected chi connectivity index (χ3v) is 5.65. The van der Waals surface area contributed by atoms with Crippen LogP contribution in [0.15, 0.2) is 65.6 Å². The molecule has 0 atom stereocenters. The van der Waals surface area contributed by atoms with Crippen LogP contribution < -0.4 is 5.56 Å². The van der Waals surface area contributed by atoms with Crippen molar-refractivity contribution in [2.24, 2.45) is 0 Å². The second kappa shape index (κ2) is 10.0. The Hall–Kier alpha value is -3.78. The van der Waals surface area contributed by atoms with Crippen molar-refractivity contribution < 1.29 is 18.7 Å². The number of nitrogens with zero attached hydrogens (tertiary/aromatic N) is 2. The smallest absolute Gasteiger partial charge is 0.352 e. The molecule has 0 spiro atoms. The molecule has 0 aliphatic carbocycles. The Morgan fingerprint density at radius 1 is 0.912 bits per heavy atom. The predicted molar refractivity (Wildman–Crippen MR) is 124 cm³/mol. The fraction of sp³-hybridized carbons (Fsp3) is 0.160.